The van der Waals surface area contributed by atoms with Crippen LogP contribution in [0.4, 0.5) is 39.5 Å². The molecule has 0 bridgehead atoms. The Hall–Kier alpha value is -2.59. The van der Waals surface area contributed by atoms with Gasteiger partial charge in [-0.05, 0) is 31.2 Å². The standard InChI is InChI=1S/C14H10F9NO9S3/c1-7(2)10(25)32-8-3-5-9(6-4-8)33-36(30,31)13(19,20)11(15,16)12(17,18)34(26,27)24-35(28,29)14(21,22)23/h3-6,24H,1H2,2H3. The van der Waals surface area contributed by atoms with Crippen LogP contribution < -0.4 is 13.0 Å². The molecule has 10 nitrogen and oxygen atoms in total. The Kier molecular flexibility index (Phi) is 8.19. The smallest absolute Gasteiger partial charge is 0.423 e. The minimum atomic E-state index is -7.90. The van der Waals surface area contributed by atoms with Gasteiger partial charge in [-0.15, -0.1) is 0 Å². The van der Waals surface area contributed by atoms with Crippen LogP contribution in [0.1, 0.15) is 6.92 Å². The minimum absolute atomic E-state index is 0.131. The number of carbonyl (C=O) groups excluding carboxylic acids is 1. The summed E-state index contributed by atoms with van der Waals surface area (Å²) in [6.07, 6.45) is 0. The molecule has 22 heteroatoms. The lowest BCUT2D eigenvalue weighted by molar-refractivity contribution is -0.245. The molecular formula is C14H10F9NO9S3. The fraction of sp³-hybridized carbons (Fsp3) is 0.357. The maximum absolute atomic E-state index is 14.0. The van der Waals surface area contributed by atoms with Gasteiger partial charge in [-0.1, -0.05) is 10.7 Å². The van der Waals surface area contributed by atoms with Crippen LogP contribution in [0.2, 0.25) is 0 Å². The lowest BCUT2D eigenvalue weighted by Crippen LogP contribution is -2.64. The zero-order valence-corrected chi connectivity index (χ0v) is 19.3. The van der Waals surface area contributed by atoms with Crippen molar-refractivity contribution in [1.82, 2.24) is 4.13 Å². The number of benzene rings is 1. The molecule has 0 aliphatic rings. The van der Waals surface area contributed by atoms with E-state index in [0.29, 0.717) is 24.3 Å². The highest BCUT2D eigenvalue weighted by atomic mass is 32.3. The first-order chi connectivity index (χ1) is 15.7. The molecule has 1 N–H and O–H groups in total. The van der Waals surface area contributed by atoms with Crippen LogP contribution in [0.3, 0.4) is 0 Å². The van der Waals surface area contributed by atoms with Gasteiger partial charge in [-0.25, -0.2) is 21.6 Å². The number of sulfonamides is 2. The summed E-state index contributed by atoms with van der Waals surface area (Å²) >= 11 is 0. The molecule has 0 aromatic heterocycles. The number of esters is 1. The van der Waals surface area contributed by atoms with Gasteiger partial charge >= 0.3 is 48.1 Å². The Bertz CT molecular complexity index is 1350. The summed E-state index contributed by atoms with van der Waals surface area (Å²) in [5.41, 5.74) is -6.82. The van der Waals surface area contributed by atoms with Gasteiger partial charge in [0.15, 0.2) is 0 Å². The molecule has 0 amide bonds. The highest BCUT2D eigenvalue weighted by molar-refractivity contribution is 8.05. The molecule has 1 aromatic carbocycles. The number of alkyl halides is 9. The number of nitrogens with one attached hydrogen (secondary N) is 1. The van der Waals surface area contributed by atoms with Crippen LogP contribution in [-0.4, -0.2) is 53.2 Å². The van der Waals surface area contributed by atoms with Crippen LogP contribution in [0.15, 0.2) is 36.4 Å². The maximum Gasteiger partial charge on any atom is 0.512 e. The summed E-state index contributed by atoms with van der Waals surface area (Å²) in [6.45, 7) is 4.41. The molecule has 0 fully saturated rings. The summed E-state index contributed by atoms with van der Waals surface area (Å²) in [4.78, 5) is 11.3. The highest BCUT2D eigenvalue weighted by Gasteiger charge is 2.83. The largest absolute Gasteiger partial charge is 0.512 e. The molecule has 0 saturated carbocycles. The lowest BCUT2D eigenvalue weighted by Gasteiger charge is -2.31. The molecule has 206 valence electrons. The Morgan fingerprint density at radius 3 is 1.58 bits per heavy atom. The van der Waals surface area contributed by atoms with E-state index in [1.54, 1.807) is 0 Å². The Morgan fingerprint density at radius 1 is 0.778 bits per heavy atom. The second-order valence-corrected chi connectivity index (χ2v) is 11.6. The molecule has 0 heterocycles. The van der Waals surface area contributed by atoms with Gasteiger partial charge in [0.2, 0.25) is 0 Å². The van der Waals surface area contributed by atoms with E-state index in [2.05, 4.69) is 15.5 Å². The number of ether oxygens (including phenoxy) is 1. The van der Waals surface area contributed by atoms with Crippen LogP contribution in [0.5, 0.6) is 11.5 Å². The van der Waals surface area contributed by atoms with Crippen molar-refractivity contribution < 1.29 is 78.5 Å². The molecule has 0 radical (unpaired) electrons. The van der Waals surface area contributed by atoms with Gasteiger partial charge in [0.1, 0.15) is 11.5 Å². The SMILES string of the molecule is C=C(C)C(=O)Oc1ccc(OS(=O)(=O)C(F)(F)C(F)(F)C(F)(F)S(=O)(=O)NS(=O)(=O)C(F)(F)F)cc1. The third kappa shape index (κ3) is 5.70. The fourth-order valence-corrected chi connectivity index (χ4v) is 5.07. The molecule has 1 aromatic rings. The van der Waals surface area contributed by atoms with Crippen LogP contribution in [0.25, 0.3) is 0 Å². The van der Waals surface area contributed by atoms with Gasteiger partial charge in [-0.3, -0.25) is 0 Å². The fourth-order valence-electron chi connectivity index (χ4n) is 1.68. The normalized spacial score (nSPS) is 14.3. The average molecular weight is 603 g/mol. The van der Waals surface area contributed by atoms with Crippen LogP contribution >= 0.6 is 0 Å². The summed E-state index contributed by atoms with van der Waals surface area (Å²) in [5, 5.41) is -14.7. The molecule has 0 aliphatic carbocycles. The predicted octanol–water partition coefficient (Wildman–Crippen LogP) is 2.47. The van der Waals surface area contributed by atoms with Crippen molar-refractivity contribution in [2.24, 2.45) is 0 Å². The van der Waals surface area contributed by atoms with Crippen molar-refractivity contribution in [2.75, 3.05) is 0 Å². The van der Waals surface area contributed by atoms with Crippen molar-refractivity contribution >= 4 is 36.1 Å². The van der Waals surface area contributed by atoms with Gasteiger partial charge in [-0.2, -0.15) is 47.9 Å². The van der Waals surface area contributed by atoms with E-state index in [1.807, 2.05) is 0 Å². The van der Waals surface area contributed by atoms with E-state index in [-0.39, 0.29) is 5.57 Å². The number of hydrogen-bond acceptors (Lipinski definition) is 9. The van der Waals surface area contributed by atoms with Gasteiger partial charge < -0.3 is 8.92 Å². The van der Waals surface area contributed by atoms with E-state index < -0.39 is 73.7 Å². The number of hydrogen-bond donors (Lipinski definition) is 1. The zero-order valence-electron chi connectivity index (χ0n) is 16.8. The van der Waals surface area contributed by atoms with Crippen molar-refractivity contribution in [3.05, 3.63) is 36.4 Å². The molecule has 1 rings (SSSR count). The van der Waals surface area contributed by atoms with Gasteiger partial charge in [0.05, 0.1) is 0 Å². The molecule has 0 atom stereocenters. The number of halogens is 9. The first-order valence-electron chi connectivity index (χ1n) is 8.13. The Labute approximate surface area is 195 Å². The molecule has 36 heavy (non-hydrogen) atoms. The monoisotopic (exact) mass is 603 g/mol. The second-order valence-electron chi connectivity index (χ2n) is 6.32. The Morgan fingerprint density at radius 2 is 1.19 bits per heavy atom. The van der Waals surface area contributed by atoms with E-state index in [4.69, 9.17) is 0 Å². The van der Waals surface area contributed by atoms with Crippen molar-refractivity contribution in [3.63, 3.8) is 0 Å². The van der Waals surface area contributed by atoms with Crippen molar-refractivity contribution in [1.29, 1.82) is 0 Å². The molecule has 0 aliphatic heterocycles. The molecule has 0 spiro atoms. The summed E-state index contributed by atoms with van der Waals surface area (Å²) in [5.74, 6) is -10.3. The molecular weight excluding hydrogens is 593 g/mol. The lowest BCUT2D eigenvalue weighted by atomic mass is 10.3. The highest BCUT2D eigenvalue weighted by Crippen LogP contribution is 2.51. The first-order valence-corrected chi connectivity index (χ1v) is 12.5. The average Bonchev–Trinajstić information content (AvgIpc) is 2.66. The van der Waals surface area contributed by atoms with Gasteiger partial charge in [0, 0.05) is 5.57 Å². The van der Waals surface area contributed by atoms with E-state index in [1.165, 1.54) is 6.92 Å². The third-order valence-corrected chi connectivity index (χ3v) is 8.09. The van der Waals surface area contributed by atoms with E-state index >= 15 is 0 Å². The van der Waals surface area contributed by atoms with E-state index in [0.717, 1.165) is 0 Å². The topological polar surface area (TPSA) is 150 Å². The second kappa shape index (κ2) is 9.37. The number of carbonyl (C=O) groups is 1. The predicted molar refractivity (Wildman–Crippen MR) is 98.3 cm³/mol. The van der Waals surface area contributed by atoms with Crippen LogP contribution in [0, 0.1) is 0 Å². The van der Waals surface area contributed by atoms with Crippen molar-refractivity contribution in [3.8, 4) is 11.5 Å². The Balaban J connectivity index is 3.36. The van der Waals surface area contributed by atoms with Crippen molar-refractivity contribution in [2.45, 2.75) is 28.9 Å². The third-order valence-electron chi connectivity index (χ3n) is 3.50. The number of rotatable bonds is 10. The van der Waals surface area contributed by atoms with Crippen LogP contribution in [-0.2, 0) is 35.0 Å². The summed E-state index contributed by atoms with van der Waals surface area (Å²) < 4.78 is 195. The zero-order chi connectivity index (χ0) is 28.8. The summed E-state index contributed by atoms with van der Waals surface area (Å²) in [7, 11) is -22.5. The molecule has 0 unspecified atom stereocenters. The maximum atomic E-state index is 14.0. The first kappa shape index (κ1) is 31.4. The van der Waals surface area contributed by atoms with Gasteiger partial charge in [0.25, 0.3) is 10.0 Å². The minimum Gasteiger partial charge on any atom is -0.423 e. The van der Waals surface area contributed by atoms with E-state index in [9.17, 15) is 69.6 Å². The quantitative estimate of drug-likeness (QED) is 0.140. The summed E-state index contributed by atoms with van der Waals surface area (Å²) in [6, 6.07) is 2.07. The molecule has 0 saturated heterocycles.